The van der Waals surface area contributed by atoms with Gasteiger partial charge in [-0.2, -0.15) is 0 Å². The van der Waals surface area contributed by atoms with Crippen LogP contribution in [0.4, 0.5) is 9.93 Å². The minimum Gasteiger partial charge on any atom is -0.450 e. The summed E-state index contributed by atoms with van der Waals surface area (Å²) in [6.45, 7) is 3.77. The van der Waals surface area contributed by atoms with Crippen molar-refractivity contribution in [1.29, 1.82) is 0 Å². The number of piperidine rings is 1. The lowest BCUT2D eigenvalue weighted by atomic mass is 10.0. The predicted octanol–water partition coefficient (Wildman–Crippen LogP) is 3.35. The van der Waals surface area contributed by atoms with Gasteiger partial charge in [-0.3, -0.25) is 0 Å². The standard InChI is InChI=1S/C16H21N3O2S/c1-3-21-16(20)19-10-8-12(9-11-19)18(2)15-17-13-6-4-5-7-14(13)22-15/h4-7,12H,3,8-11H2,1-2H3. The Labute approximate surface area is 134 Å². The topological polar surface area (TPSA) is 45.7 Å². The summed E-state index contributed by atoms with van der Waals surface area (Å²) in [7, 11) is 2.10. The number of likely N-dealkylation sites (tertiary alicyclic amines) is 1. The number of carbonyl (C=O) groups is 1. The molecule has 1 aromatic heterocycles. The molecule has 1 aliphatic rings. The van der Waals surface area contributed by atoms with Crippen LogP contribution < -0.4 is 4.90 Å². The second-order valence-electron chi connectivity index (χ2n) is 5.49. The number of carbonyl (C=O) groups excluding carboxylic acids is 1. The molecule has 0 radical (unpaired) electrons. The average molecular weight is 319 g/mol. The van der Waals surface area contributed by atoms with Gasteiger partial charge in [-0.05, 0) is 31.9 Å². The zero-order valence-electron chi connectivity index (χ0n) is 13.0. The highest BCUT2D eigenvalue weighted by atomic mass is 32.1. The second kappa shape index (κ2) is 6.52. The first-order valence-corrected chi connectivity index (χ1v) is 8.50. The molecule has 0 N–H and O–H groups in total. The van der Waals surface area contributed by atoms with Gasteiger partial charge in [0, 0.05) is 26.2 Å². The fourth-order valence-electron chi connectivity index (χ4n) is 2.82. The molecule has 118 valence electrons. The monoisotopic (exact) mass is 319 g/mol. The molecule has 1 fully saturated rings. The quantitative estimate of drug-likeness (QED) is 0.870. The van der Waals surface area contributed by atoms with Crippen molar-refractivity contribution in [1.82, 2.24) is 9.88 Å². The molecule has 0 aliphatic carbocycles. The van der Waals surface area contributed by atoms with E-state index in [4.69, 9.17) is 9.72 Å². The Kier molecular flexibility index (Phi) is 4.47. The number of para-hydroxylation sites is 1. The number of anilines is 1. The van der Waals surface area contributed by atoms with E-state index in [1.807, 2.05) is 25.1 Å². The first-order chi connectivity index (χ1) is 10.7. The normalized spacial score (nSPS) is 16.0. The maximum atomic E-state index is 11.7. The summed E-state index contributed by atoms with van der Waals surface area (Å²) < 4.78 is 6.28. The highest BCUT2D eigenvalue weighted by Gasteiger charge is 2.27. The fourth-order valence-corrected chi connectivity index (χ4v) is 3.82. The summed E-state index contributed by atoms with van der Waals surface area (Å²) in [5.74, 6) is 0. The molecule has 1 saturated heterocycles. The van der Waals surface area contributed by atoms with Gasteiger partial charge in [0.25, 0.3) is 0 Å². The molecule has 5 nitrogen and oxygen atoms in total. The van der Waals surface area contributed by atoms with Crippen molar-refractivity contribution in [2.75, 3.05) is 31.6 Å². The van der Waals surface area contributed by atoms with Crippen LogP contribution in [-0.2, 0) is 4.74 Å². The zero-order chi connectivity index (χ0) is 15.5. The van der Waals surface area contributed by atoms with E-state index in [2.05, 4.69) is 18.0 Å². The molecule has 3 rings (SSSR count). The molecule has 2 heterocycles. The average Bonchev–Trinajstić information content (AvgIpc) is 2.98. The number of fused-ring (bicyclic) bond motifs is 1. The van der Waals surface area contributed by atoms with Crippen LogP contribution in [0.3, 0.4) is 0 Å². The summed E-state index contributed by atoms with van der Waals surface area (Å²) in [5, 5.41) is 1.05. The number of thiazole rings is 1. The van der Waals surface area contributed by atoms with Crippen LogP contribution in [0.2, 0.25) is 0 Å². The number of nitrogens with zero attached hydrogens (tertiary/aromatic N) is 3. The highest BCUT2D eigenvalue weighted by Crippen LogP contribution is 2.30. The molecule has 2 aromatic rings. The number of rotatable bonds is 3. The Hall–Kier alpha value is -1.82. The lowest BCUT2D eigenvalue weighted by molar-refractivity contribution is 0.0971. The number of aromatic nitrogens is 1. The van der Waals surface area contributed by atoms with E-state index >= 15 is 0 Å². The van der Waals surface area contributed by atoms with Crippen LogP contribution in [0.15, 0.2) is 24.3 Å². The maximum Gasteiger partial charge on any atom is 0.409 e. The Morgan fingerprint density at radius 1 is 1.41 bits per heavy atom. The third kappa shape index (κ3) is 3.02. The van der Waals surface area contributed by atoms with E-state index in [1.54, 1.807) is 16.2 Å². The van der Waals surface area contributed by atoms with Crippen LogP contribution in [0, 0.1) is 0 Å². The highest BCUT2D eigenvalue weighted by molar-refractivity contribution is 7.22. The summed E-state index contributed by atoms with van der Waals surface area (Å²) in [5.41, 5.74) is 1.05. The van der Waals surface area contributed by atoms with E-state index in [9.17, 15) is 4.79 Å². The molecule has 0 saturated carbocycles. The Morgan fingerprint density at radius 2 is 2.14 bits per heavy atom. The molecule has 6 heteroatoms. The molecule has 0 bridgehead atoms. The summed E-state index contributed by atoms with van der Waals surface area (Å²) in [6.07, 6.45) is 1.71. The molecule has 22 heavy (non-hydrogen) atoms. The van der Waals surface area contributed by atoms with Crippen molar-refractivity contribution in [3.05, 3.63) is 24.3 Å². The maximum absolute atomic E-state index is 11.7. The van der Waals surface area contributed by atoms with E-state index < -0.39 is 0 Å². The molecule has 0 unspecified atom stereocenters. The zero-order valence-corrected chi connectivity index (χ0v) is 13.8. The third-order valence-corrected chi connectivity index (χ3v) is 5.25. The fraction of sp³-hybridized carbons (Fsp3) is 0.500. The summed E-state index contributed by atoms with van der Waals surface area (Å²) >= 11 is 1.72. The van der Waals surface area contributed by atoms with Crippen molar-refractivity contribution in [2.24, 2.45) is 0 Å². The van der Waals surface area contributed by atoms with Gasteiger partial charge in [-0.15, -0.1) is 0 Å². The van der Waals surface area contributed by atoms with Crippen LogP contribution >= 0.6 is 11.3 Å². The first-order valence-electron chi connectivity index (χ1n) is 7.69. The van der Waals surface area contributed by atoms with E-state index in [0.717, 1.165) is 36.6 Å². The van der Waals surface area contributed by atoms with Gasteiger partial charge in [0.2, 0.25) is 0 Å². The number of hydrogen-bond donors (Lipinski definition) is 0. The van der Waals surface area contributed by atoms with Gasteiger partial charge in [0.15, 0.2) is 5.13 Å². The van der Waals surface area contributed by atoms with Gasteiger partial charge in [-0.1, -0.05) is 23.5 Å². The SMILES string of the molecule is CCOC(=O)N1CCC(N(C)c2nc3ccccc3s2)CC1. The van der Waals surface area contributed by atoms with Crippen LogP contribution in [0.1, 0.15) is 19.8 Å². The van der Waals surface area contributed by atoms with Crippen molar-refractivity contribution in [3.8, 4) is 0 Å². The largest absolute Gasteiger partial charge is 0.450 e. The lowest BCUT2D eigenvalue weighted by Crippen LogP contribution is -2.45. The van der Waals surface area contributed by atoms with Crippen molar-refractivity contribution in [2.45, 2.75) is 25.8 Å². The summed E-state index contributed by atoms with van der Waals surface area (Å²) in [4.78, 5) is 20.5. The predicted molar refractivity (Wildman–Crippen MR) is 89.6 cm³/mol. The van der Waals surface area contributed by atoms with Gasteiger partial charge in [0.1, 0.15) is 0 Å². The van der Waals surface area contributed by atoms with E-state index in [1.165, 1.54) is 4.70 Å². The Morgan fingerprint density at radius 3 is 2.82 bits per heavy atom. The van der Waals surface area contributed by atoms with Crippen molar-refractivity contribution >= 4 is 32.8 Å². The van der Waals surface area contributed by atoms with Gasteiger partial charge in [0.05, 0.1) is 16.8 Å². The smallest absolute Gasteiger partial charge is 0.409 e. The van der Waals surface area contributed by atoms with Crippen LogP contribution in [0.25, 0.3) is 10.2 Å². The van der Waals surface area contributed by atoms with E-state index in [-0.39, 0.29) is 6.09 Å². The van der Waals surface area contributed by atoms with Crippen LogP contribution in [0.5, 0.6) is 0 Å². The molecular weight excluding hydrogens is 298 g/mol. The molecule has 0 spiro atoms. The lowest BCUT2D eigenvalue weighted by Gasteiger charge is -2.36. The Balaban J connectivity index is 1.64. The molecule has 1 amide bonds. The second-order valence-corrected chi connectivity index (χ2v) is 6.50. The van der Waals surface area contributed by atoms with Crippen LogP contribution in [-0.4, -0.2) is 48.8 Å². The van der Waals surface area contributed by atoms with E-state index in [0.29, 0.717) is 12.6 Å². The summed E-state index contributed by atoms with van der Waals surface area (Å²) in [6, 6.07) is 8.64. The van der Waals surface area contributed by atoms with Crippen molar-refractivity contribution < 1.29 is 9.53 Å². The molecular formula is C16H21N3O2S. The number of amides is 1. The molecule has 1 aliphatic heterocycles. The van der Waals surface area contributed by atoms with Gasteiger partial charge < -0.3 is 14.5 Å². The minimum absolute atomic E-state index is 0.191. The van der Waals surface area contributed by atoms with Gasteiger partial charge >= 0.3 is 6.09 Å². The van der Waals surface area contributed by atoms with Crippen molar-refractivity contribution in [3.63, 3.8) is 0 Å². The third-order valence-electron chi connectivity index (χ3n) is 4.12. The molecule has 1 aromatic carbocycles. The first kappa shape index (κ1) is 15.1. The number of hydrogen-bond acceptors (Lipinski definition) is 5. The number of benzene rings is 1. The Bertz CT molecular complexity index is 617. The minimum atomic E-state index is -0.191. The molecule has 0 atom stereocenters. The van der Waals surface area contributed by atoms with Gasteiger partial charge in [-0.25, -0.2) is 9.78 Å². The number of ether oxygens (including phenoxy) is 1.